The van der Waals surface area contributed by atoms with E-state index in [-0.39, 0.29) is 6.54 Å². The van der Waals surface area contributed by atoms with Crippen LogP contribution < -0.4 is 0 Å². The van der Waals surface area contributed by atoms with Crippen LogP contribution in [0.4, 0.5) is 0 Å². The van der Waals surface area contributed by atoms with Gasteiger partial charge in [-0.2, -0.15) is 0 Å². The molecule has 0 aliphatic heterocycles. The first-order valence-electron chi connectivity index (χ1n) is 3.89. The van der Waals surface area contributed by atoms with E-state index in [0.29, 0.717) is 19.7 Å². The molecule has 0 spiro atoms. The van der Waals surface area contributed by atoms with Crippen molar-refractivity contribution in [3.63, 3.8) is 0 Å². The Morgan fingerprint density at radius 3 is 2.85 bits per heavy atom. The summed E-state index contributed by atoms with van der Waals surface area (Å²) in [5, 5.41) is 8.54. The highest BCUT2D eigenvalue weighted by Crippen LogP contribution is 1.90. The van der Waals surface area contributed by atoms with E-state index in [1.54, 1.807) is 18.1 Å². The van der Waals surface area contributed by atoms with Gasteiger partial charge in [0, 0.05) is 25.7 Å². The fourth-order valence-electron chi connectivity index (χ4n) is 0.835. The van der Waals surface area contributed by atoms with Gasteiger partial charge in [-0.05, 0) is 0 Å². The van der Waals surface area contributed by atoms with Gasteiger partial charge < -0.3 is 9.84 Å². The fraction of sp³-hybridized carbons (Fsp3) is 0.625. The zero-order chi connectivity index (χ0) is 10.1. The van der Waals surface area contributed by atoms with Crippen molar-refractivity contribution in [2.45, 2.75) is 0 Å². The van der Waals surface area contributed by atoms with Crippen molar-refractivity contribution < 1.29 is 14.6 Å². The first-order valence-corrected chi connectivity index (χ1v) is 4.32. The molecular weight excluding hydrogens is 194 g/mol. The van der Waals surface area contributed by atoms with Crippen LogP contribution in [0.3, 0.4) is 0 Å². The number of hydrogen-bond acceptors (Lipinski definition) is 3. The largest absolute Gasteiger partial charge is 0.480 e. The summed E-state index contributed by atoms with van der Waals surface area (Å²) in [6.07, 6.45) is 1.69. The summed E-state index contributed by atoms with van der Waals surface area (Å²) in [5.74, 6) is -0.848. The van der Waals surface area contributed by atoms with Crippen molar-refractivity contribution in [1.29, 1.82) is 0 Å². The lowest BCUT2D eigenvalue weighted by Gasteiger charge is -2.17. The fourth-order valence-corrected chi connectivity index (χ4v) is 0.915. The number of carboxylic acid groups (broad SMARTS) is 1. The van der Waals surface area contributed by atoms with Crippen LogP contribution in [0, 0.1) is 0 Å². The van der Waals surface area contributed by atoms with Crippen LogP contribution in [0.25, 0.3) is 0 Å². The lowest BCUT2D eigenvalue weighted by atomic mass is 10.4. The molecule has 0 saturated heterocycles. The van der Waals surface area contributed by atoms with Crippen molar-refractivity contribution in [2.75, 3.05) is 33.4 Å². The molecule has 0 aromatic carbocycles. The molecule has 13 heavy (non-hydrogen) atoms. The molecule has 0 fully saturated rings. The molecule has 0 unspecified atom stereocenters. The average molecular weight is 208 g/mol. The second-order valence-electron chi connectivity index (χ2n) is 2.48. The van der Waals surface area contributed by atoms with E-state index in [2.05, 4.69) is 0 Å². The van der Waals surface area contributed by atoms with Crippen molar-refractivity contribution >= 4 is 17.6 Å². The van der Waals surface area contributed by atoms with Gasteiger partial charge in [0.25, 0.3) is 0 Å². The number of ether oxygens (including phenoxy) is 1. The number of carboxylic acids is 1. The van der Waals surface area contributed by atoms with Crippen LogP contribution in [0.2, 0.25) is 0 Å². The Morgan fingerprint density at radius 1 is 1.69 bits per heavy atom. The van der Waals surface area contributed by atoms with E-state index in [1.807, 2.05) is 0 Å². The van der Waals surface area contributed by atoms with Gasteiger partial charge in [-0.25, -0.2) is 0 Å². The van der Waals surface area contributed by atoms with E-state index < -0.39 is 5.97 Å². The molecule has 0 atom stereocenters. The Balaban J connectivity index is 3.79. The summed E-state index contributed by atoms with van der Waals surface area (Å²) in [4.78, 5) is 12.1. The molecule has 0 heterocycles. The van der Waals surface area contributed by atoms with Gasteiger partial charge in [-0.15, -0.1) is 0 Å². The number of hydrogen-bond donors (Lipinski definition) is 1. The monoisotopic (exact) mass is 207 g/mol. The maximum atomic E-state index is 10.4. The van der Waals surface area contributed by atoms with Gasteiger partial charge in [0.15, 0.2) is 0 Å². The predicted octanol–water partition coefficient (Wildman–Crippen LogP) is 0.772. The normalized spacial score (nSPS) is 11.3. The molecule has 0 aliphatic rings. The minimum Gasteiger partial charge on any atom is -0.480 e. The molecule has 5 heteroatoms. The van der Waals surface area contributed by atoms with Crippen LogP contribution in [-0.4, -0.2) is 49.3 Å². The Bertz CT molecular complexity index is 173. The summed E-state index contributed by atoms with van der Waals surface area (Å²) < 4.78 is 4.84. The van der Waals surface area contributed by atoms with Gasteiger partial charge in [-0.1, -0.05) is 17.7 Å². The van der Waals surface area contributed by atoms with Crippen molar-refractivity contribution in [3.8, 4) is 0 Å². The van der Waals surface area contributed by atoms with E-state index in [0.717, 1.165) is 0 Å². The van der Waals surface area contributed by atoms with E-state index >= 15 is 0 Å². The molecular formula is C8H14ClNO3. The molecule has 0 aromatic heterocycles. The summed E-state index contributed by atoms with van der Waals surface area (Å²) in [7, 11) is 1.58. The zero-order valence-electron chi connectivity index (χ0n) is 7.57. The maximum Gasteiger partial charge on any atom is 0.317 e. The molecule has 4 nitrogen and oxygen atoms in total. The SMILES string of the molecule is COCCN(C/C=C/Cl)CC(=O)O. The summed E-state index contributed by atoms with van der Waals surface area (Å²) in [6, 6.07) is 0. The molecule has 0 aliphatic carbocycles. The highest BCUT2D eigenvalue weighted by atomic mass is 35.5. The summed E-state index contributed by atoms with van der Waals surface area (Å²) in [5.41, 5.74) is 1.38. The number of aliphatic carboxylic acids is 1. The topological polar surface area (TPSA) is 49.8 Å². The highest BCUT2D eigenvalue weighted by molar-refractivity contribution is 6.25. The van der Waals surface area contributed by atoms with Crippen LogP contribution in [0.1, 0.15) is 0 Å². The maximum absolute atomic E-state index is 10.4. The third-order valence-electron chi connectivity index (χ3n) is 1.42. The Labute approximate surface area is 82.7 Å². The van der Waals surface area contributed by atoms with Gasteiger partial charge in [-0.3, -0.25) is 9.69 Å². The van der Waals surface area contributed by atoms with Crippen LogP contribution in [-0.2, 0) is 9.53 Å². The number of halogens is 1. The zero-order valence-corrected chi connectivity index (χ0v) is 8.33. The quantitative estimate of drug-likeness (QED) is 0.670. The average Bonchev–Trinajstić information content (AvgIpc) is 2.09. The summed E-state index contributed by atoms with van der Waals surface area (Å²) in [6.45, 7) is 1.64. The van der Waals surface area contributed by atoms with Crippen LogP contribution in [0.5, 0.6) is 0 Å². The Kier molecular flexibility index (Phi) is 7.68. The smallest absolute Gasteiger partial charge is 0.317 e. The van der Waals surface area contributed by atoms with E-state index in [1.165, 1.54) is 5.54 Å². The second kappa shape index (κ2) is 8.04. The van der Waals surface area contributed by atoms with Crippen LogP contribution in [0.15, 0.2) is 11.6 Å². The highest BCUT2D eigenvalue weighted by Gasteiger charge is 2.06. The van der Waals surface area contributed by atoms with Gasteiger partial charge >= 0.3 is 5.97 Å². The first-order chi connectivity index (χ1) is 6.20. The number of methoxy groups -OCH3 is 1. The van der Waals surface area contributed by atoms with Gasteiger partial charge in [0.05, 0.1) is 13.2 Å². The third-order valence-corrected chi connectivity index (χ3v) is 1.60. The minimum atomic E-state index is -0.848. The van der Waals surface area contributed by atoms with E-state index in [4.69, 9.17) is 21.4 Å². The molecule has 1 N–H and O–H groups in total. The molecule has 0 bridgehead atoms. The molecule has 0 aromatic rings. The predicted molar refractivity (Wildman–Crippen MR) is 50.9 cm³/mol. The summed E-state index contributed by atoms with van der Waals surface area (Å²) >= 11 is 5.33. The molecule has 0 rings (SSSR count). The standard InChI is InChI=1S/C8H14ClNO3/c1-13-6-5-10(4-2-3-9)7-8(11)12/h2-3H,4-7H2,1H3,(H,11,12)/b3-2+. The third kappa shape index (κ3) is 7.77. The number of carbonyl (C=O) groups is 1. The van der Waals surface area contributed by atoms with Gasteiger partial charge in [0.2, 0.25) is 0 Å². The lowest BCUT2D eigenvalue weighted by Crippen LogP contribution is -2.32. The van der Waals surface area contributed by atoms with Crippen molar-refractivity contribution in [1.82, 2.24) is 4.90 Å². The molecule has 0 radical (unpaired) electrons. The molecule has 76 valence electrons. The lowest BCUT2D eigenvalue weighted by molar-refractivity contribution is -0.138. The van der Waals surface area contributed by atoms with Crippen LogP contribution >= 0.6 is 11.6 Å². The molecule has 0 amide bonds. The molecule has 0 saturated carbocycles. The Hall–Kier alpha value is -0.580. The second-order valence-corrected chi connectivity index (χ2v) is 2.74. The Morgan fingerprint density at radius 2 is 2.38 bits per heavy atom. The van der Waals surface area contributed by atoms with Crippen molar-refractivity contribution in [3.05, 3.63) is 11.6 Å². The van der Waals surface area contributed by atoms with Gasteiger partial charge in [0.1, 0.15) is 0 Å². The first kappa shape index (κ1) is 12.4. The number of rotatable bonds is 7. The van der Waals surface area contributed by atoms with E-state index in [9.17, 15) is 4.79 Å². The minimum absolute atomic E-state index is 0.00455. The van der Waals surface area contributed by atoms with Crippen molar-refractivity contribution in [2.24, 2.45) is 0 Å². The number of nitrogens with zero attached hydrogens (tertiary/aromatic N) is 1.